The maximum absolute atomic E-state index is 12.7. The number of hydrogen-bond donors (Lipinski definition) is 1. The number of benzene rings is 3. The number of amides is 1. The first-order valence-electron chi connectivity index (χ1n) is 9.16. The van der Waals surface area contributed by atoms with Crippen molar-refractivity contribution in [2.75, 3.05) is 19.5 Å². The lowest BCUT2D eigenvalue weighted by molar-refractivity contribution is -0.123. The van der Waals surface area contributed by atoms with Gasteiger partial charge in [0.2, 0.25) is 0 Å². The van der Waals surface area contributed by atoms with Crippen molar-refractivity contribution in [2.24, 2.45) is 0 Å². The molecule has 6 heteroatoms. The highest BCUT2D eigenvalue weighted by Gasteiger charge is 2.22. The van der Waals surface area contributed by atoms with E-state index >= 15 is 0 Å². The van der Waals surface area contributed by atoms with E-state index in [2.05, 4.69) is 5.32 Å². The van der Waals surface area contributed by atoms with Crippen molar-refractivity contribution < 1.29 is 23.8 Å². The molecule has 150 valence electrons. The summed E-state index contributed by atoms with van der Waals surface area (Å²) in [4.78, 5) is 25.3. The molecule has 0 saturated carbocycles. The van der Waals surface area contributed by atoms with Crippen molar-refractivity contribution in [3.8, 4) is 11.5 Å². The predicted octanol–water partition coefficient (Wildman–Crippen LogP) is 4.35. The second kappa shape index (κ2) is 8.65. The van der Waals surface area contributed by atoms with Crippen LogP contribution in [0.15, 0.2) is 54.6 Å². The zero-order chi connectivity index (χ0) is 21.0. The number of hydrogen-bond acceptors (Lipinski definition) is 5. The first-order chi connectivity index (χ1) is 13.9. The average Bonchev–Trinajstić information content (AvgIpc) is 2.72. The third-order valence-corrected chi connectivity index (χ3v) is 4.59. The second-order valence-corrected chi connectivity index (χ2v) is 6.60. The van der Waals surface area contributed by atoms with Crippen LogP contribution in [0, 0.1) is 6.92 Å². The molecule has 3 rings (SSSR count). The summed E-state index contributed by atoms with van der Waals surface area (Å²) in [6.45, 7) is 3.44. The number of esters is 1. The minimum absolute atomic E-state index is 0.370. The number of aryl methyl sites for hydroxylation is 1. The minimum atomic E-state index is -0.992. The van der Waals surface area contributed by atoms with Gasteiger partial charge >= 0.3 is 5.97 Å². The molecular weight excluding hydrogens is 370 g/mol. The molecular formula is C23H23NO5. The lowest BCUT2D eigenvalue weighted by Gasteiger charge is -2.16. The third kappa shape index (κ3) is 4.32. The van der Waals surface area contributed by atoms with Crippen molar-refractivity contribution in [3.05, 3.63) is 65.7 Å². The summed E-state index contributed by atoms with van der Waals surface area (Å²) in [6.07, 6.45) is -0.992. The Morgan fingerprint density at radius 2 is 1.55 bits per heavy atom. The van der Waals surface area contributed by atoms with Crippen LogP contribution in [-0.2, 0) is 9.53 Å². The van der Waals surface area contributed by atoms with Crippen molar-refractivity contribution in [2.45, 2.75) is 20.0 Å². The number of ether oxygens (including phenoxy) is 3. The van der Waals surface area contributed by atoms with Crippen LogP contribution < -0.4 is 14.8 Å². The van der Waals surface area contributed by atoms with Gasteiger partial charge in [0.15, 0.2) is 6.10 Å². The summed E-state index contributed by atoms with van der Waals surface area (Å²) in [5.41, 5.74) is 1.86. The van der Waals surface area contributed by atoms with Crippen molar-refractivity contribution in [1.82, 2.24) is 0 Å². The number of anilines is 1. The van der Waals surface area contributed by atoms with E-state index in [9.17, 15) is 9.59 Å². The maximum Gasteiger partial charge on any atom is 0.339 e. The highest BCUT2D eigenvalue weighted by atomic mass is 16.5. The van der Waals surface area contributed by atoms with Crippen molar-refractivity contribution in [1.29, 1.82) is 0 Å². The van der Waals surface area contributed by atoms with E-state index in [-0.39, 0.29) is 0 Å². The Bertz CT molecular complexity index is 1060. The topological polar surface area (TPSA) is 73.9 Å². The number of carbonyl (C=O) groups excluding carboxylic acids is 2. The Kier molecular flexibility index (Phi) is 6.02. The summed E-state index contributed by atoms with van der Waals surface area (Å²) in [7, 11) is 3.10. The Morgan fingerprint density at radius 3 is 2.24 bits per heavy atom. The fourth-order valence-corrected chi connectivity index (χ4v) is 3.06. The van der Waals surface area contributed by atoms with E-state index in [4.69, 9.17) is 14.2 Å². The Morgan fingerprint density at radius 1 is 0.897 bits per heavy atom. The van der Waals surface area contributed by atoms with E-state index in [1.165, 1.54) is 14.0 Å². The maximum atomic E-state index is 12.7. The summed E-state index contributed by atoms with van der Waals surface area (Å²) in [5, 5.41) is 4.25. The van der Waals surface area contributed by atoms with E-state index in [1.807, 2.05) is 37.3 Å². The van der Waals surface area contributed by atoms with Gasteiger partial charge in [0.1, 0.15) is 11.5 Å². The molecule has 3 aromatic carbocycles. The summed E-state index contributed by atoms with van der Waals surface area (Å²) < 4.78 is 16.0. The van der Waals surface area contributed by atoms with E-state index in [1.54, 1.807) is 31.4 Å². The molecule has 3 aromatic rings. The van der Waals surface area contributed by atoms with Crippen molar-refractivity contribution >= 4 is 28.3 Å². The molecule has 0 bridgehead atoms. The van der Waals surface area contributed by atoms with E-state index in [0.29, 0.717) is 28.1 Å². The number of methoxy groups -OCH3 is 2. The molecule has 0 aliphatic carbocycles. The normalized spacial score (nSPS) is 11.6. The Balaban J connectivity index is 1.78. The minimum Gasteiger partial charge on any atom is -0.496 e. The van der Waals surface area contributed by atoms with Crippen LogP contribution in [0.25, 0.3) is 10.8 Å². The lowest BCUT2D eigenvalue weighted by Crippen LogP contribution is -2.30. The van der Waals surface area contributed by atoms with E-state index < -0.39 is 18.0 Å². The number of fused-ring (bicyclic) bond motifs is 1. The van der Waals surface area contributed by atoms with Gasteiger partial charge in [-0.25, -0.2) is 4.79 Å². The molecule has 0 aromatic heterocycles. The summed E-state index contributed by atoms with van der Waals surface area (Å²) in [6, 6.07) is 16.2. The van der Waals surface area contributed by atoms with Crippen LogP contribution in [0.3, 0.4) is 0 Å². The van der Waals surface area contributed by atoms with Gasteiger partial charge in [0.25, 0.3) is 5.91 Å². The van der Waals surface area contributed by atoms with Gasteiger partial charge in [-0.1, -0.05) is 30.3 Å². The van der Waals surface area contributed by atoms with Crippen LogP contribution in [0.5, 0.6) is 11.5 Å². The molecule has 1 N–H and O–H groups in total. The highest BCUT2D eigenvalue weighted by Crippen LogP contribution is 2.29. The Hall–Kier alpha value is -3.54. The van der Waals surface area contributed by atoms with Gasteiger partial charge in [-0.15, -0.1) is 0 Å². The third-order valence-electron chi connectivity index (χ3n) is 4.59. The molecule has 0 unspecified atom stereocenters. The summed E-state index contributed by atoms with van der Waals surface area (Å²) >= 11 is 0. The SMILES string of the molecule is COc1ccc(C)cc1NC(=O)[C@@H](C)OC(=O)c1ccc(OC)c2ccccc12. The molecule has 0 heterocycles. The molecule has 0 aliphatic heterocycles. The van der Waals surface area contributed by atoms with Crippen molar-refractivity contribution in [3.63, 3.8) is 0 Å². The summed E-state index contributed by atoms with van der Waals surface area (Å²) in [5.74, 6) is 0.167. The van der Waals surface area contributed by atoms with Crippen LogP contribution in [0.2, 0.25) is 0 Å². The first-order valence-corrected chi connectivity index (χ1v) is 9.16. The number of nitrogens with one attached hydrogen (secondary N) is 1. The molecule has 0 aliphatic rings. The van der Waals surface area contributed by atoms with Gasteiger partial charge in [-0.3, -0.25) is 4.79 Å². The lowest BCUT2D eigenvalue weighted by atomic mass is 10.0. The zero-order valence-corrected chi connectivity index (χ0v) is 16.8. The van der Waals surface area contributed by atoms with Crippen LogP contribution >= 0.6 is 0 Å². The Labute approximate surface area is 169 Å². The smallest absolute Gasteiger partial charge is 0.339 e. The molecule has 0 spiro atoms. The van der Waals surface area contributed by atoms with Gasteiger partial charge in [-0.05, 0) is 49.1 Å². The van der Waals surface area contributed by atoms with Gasteiger partial charge < -0.3 is 19.5 Å². The molecule has 1 amide bonds. The zero-order valence-electron chi connectivity index (χ0n) is 16.8. The predicted molar refractivity (Wildman–Crippen MR) is 112 cm³/mol. The quantitative estimate of drug-likeness (QED) is 0.630. The average molecular weight is 393 g/mol. The molecule has 0 saturated heterocycles. The van der Waals surface area contributed by atoms with Crippen LogP contribution in [-0.4, -0.2) is 32.2 Å². The van der Waals surface area contributed by atoms with Gasteiger partial charge in [0.05, 0.1) is 25.5 Å². The molecule has 0 fully saturated rings. The molecule has 29 heavy (non-hydrogen) atoms. The molecule has 0 radical (unpaired) electrons. The van der Waals surface area contributed by atoms with Gasteiger partial charge in [0, 0.05) is 5.39 Å². The fraction of sp³-hybridized carbons (Fsp3) is 0.217. The second-order valence-electron chi connectivity index (χ2n) is 6.60. The van der Waals surface area contributed by atoms with Gasteiger partial charge in [-0.2, -0.15) is 0 Å². The number of carbonyl (C=O) groups is 2. The largest absolute Gasteiger partial charge is 0.496 e. The monoisotopic (exact) mass is 393 g/mol. The number of rotatable bonds is 6. The molecule has 6 nitrogen and oxygen atoms in total. The molecule has 1 atom stereocenters. The van der Waals surface area contributed by atoms with E-state index in [0.717, 1.165) is 10.9 Å². The van der Waals surface area contributed by atoms with Crippen LogP contribution in [0.1, 0.15) is 22.8 Å². The highest BCUT2D eigenvalue weighted by molar-refractivity contribution is 6.07. The standard InChI is InChI=1S/C23H23NO5/c1-14-9-11-21(28-4)19(13-14)24-22(25)15(2)29-23(26)18-10-12-20(27-3)17-8-6-5-7-16(17)18/h5-13,15H,1-4H3,(H,24,25)/t15-/m1/s1. The van der Waals surface area contributed by atoms with Crippen LogP contribution in [0.4, 0.5) is 5.69 Å². The first kappa shape index (κ1) is 20.2. The fourth-order valence-electron chi connectivity index (χ4n) is 3.06.